The Labute approximate surface area is 703 Å². The summed E-state index contributed by atoms with van der Waals surface area (Å²) in [5, 5.41) is 2.74. The molecule has 4 aliphatic carbocycles. The molecular formula is C114H101BN4. The Hall–Kier alpha value is -12.4. The summed E-state index contributed by atoms with van der Waals surface area (Å²) < 4.78 is 2.64. The van der Waals surface area contributed by atoms with Crippen molar-refractivity contribution in [1.29, 1.82) is 0 Å². The Morgan fingerprint density at radius 2 is 0.555 bits per heavy atom. The van der Waals surface area contributed by atoms with Crippen molar-refractivity contribution in [1.82, 2.24) is 4.57 Å². The molecule has 4 nitrogen and oxygen atoms in total. The average Bonchev–Trinajstić information content (AvgIpc) is 0.766. The molecule has 4 saturated carbocycles. The molecule has 5 heteroatoms. The summed E-state index contributed by atoms with van der Waals surface area (Å²) in [5.74, 6) is 2.43. The summed E-state index contributed by atoms with van der Waals surface area (Å²) >= 11 is 0. The molecule has 6 aliphatic rings. The molecule has 0 atom stereocenters. The van der Waals surface area contributed by atoms with E-state index >= 15 is 0 Å². The SMILES string of the molecule is c1ccc(-c2cc3c4c(c2)N(c2c(-c5ccccc5)cccc2-c2ccccc2)c2cc(-n5c6ccc(C7CCCCC7)cc6c6cc(C7CCCCC7)ccc65)ccc2B4c2ccc(-c4ccc(N(c5ccc(C6CCCCC6)cc5)c5ccc(C6CCCCC6)cc5)cc4)cc2N3c2c(-c3ccccc3)cccc2-c2ccccc2)cc1. The highest BCUT2D eigenvalue weighted by Crippen LogP contribution is 2.56. The molecule has 4 fully saturated rings. The monoisotopic (exact) mass is 1540 g/mol. The van der Waals surface area contributed by atoms with Gasteiger partial charge in [-0.2, -0.15) is 0 Å². The summed E-state index contributed by atoms with van der Waals surface area (Å²) in [6, 6.07) is 134. The van der Waals surface area contributed by atoms with E-state index < -0.39 is 0 Å². The smallest absolute Gasteiger partial charge is 0.252 e. The third kappa shape index (κ3) is 13.5. The minimum absolute atomic E-state index is 0.224. The van der Waals surface area contributed by atoms with Crippen LogP contribution in [0.1, 0.15) is 174 Å². The molecule has 16 aromatic rings. The molecule has 0 radical (unpaired) electrons. The van der Waals surface area contributed by atoms with Crippen molar-refractivity contribution in [2.75, 3.05) is 14.7 Å². The van der Waals surface area contributed by atoms with E-state index in [0.717, 1.165) is 112 Å². The molecule has 0 bridgehead atoms. The molecule has 0 spiro atoms. The lowest BCUT2D eigenvalue weighted by Crippen LogP contribution is -2.61. The largest absolute Gasteiger partial charge is 0.311 e. The van der Waals surface area contributed by atoms with Gasteiger partial charge in [-0.05, 0) is 249 Å². The standard InChI is InChI=1S/C114H101BN4/c1-10-30-78(31-11-1)83-52-61-94(62-53-83)116(95-63-54-84(55-64-95)79-32-12-2-13-33-79)96-65-56-85(57-66-96)92-58-68-104-108(74-92)118(113-98(86-40-20-6-21-41-86)48-28-49-99(113)87-42-22-7-23-43-87)110-75-93(82-38-18-5-19-39-82)76-111-112(110)115(104)105-69-67-97(77-109(105)119(111)114-100(88-44-24-8-25-45-88)50-29-51-101(114)89-46-26-9-27-47-89)117-106-70-59-90(80-34-14-3-15-35-80)72-102(106)103-73-91(60-71-107(103)117)81-36-16-4-17-37-81/h5-9,18-29,38-81H,1-4,10-17,30-37H2. The predicted molar refractivity (Wildman–Crippen MR) is 505 cm³/mol. The lowest BCUT2D eigenvalue weighted by molar-refractivity contribution is 0.443. The molecule has 0 amide bonds. The van der Waals surface area contributed by atoms with Gasteiger partial charge in [0, 0.05) is 78.5 Å². The van der Waals surface area contributed by atoms with Crippen LogP contribution in [-0.4, -0.2) is 11.3 Å². The average molecular weight is 1540 g/mol. The number of benzene rings is 15. The van der Waals surface area contributed by atoms with Crippen LogP contribution in [0.15, 0.2) is 346 Å². The van der Waals surface area contributed by atoms with Crippen molar-refractivity contribution in [3.8, 4) is 72.4 Å². The van der Waals surface area contributed by atoms with Crippen LogP contribution in [0.4, 0.5) is 51.2 Å². The maximum atomic E-state index is 2.74. The normalized spacial score (nSPS) is 15.9. The van der Waals surface area contributed by atoms with E-state index in [1.165, 1.54) is 200 Å². The lowest BCUT2D eigenvalue weighted by Gasteiger charge is -2.46. The highest BCUT2D eigenvalue weighted by molar-refractivity contribution is 7.00. The highest BCUT2D eigenvalue weighted by atomic mass is 15.2. The summed E-state index contributed by atoms with van der Waals surface area (Å²) in [4.78, 5) is 7.95. The van der Waals surface area contributed by atoms with Crippen LogP contribution >= 0.6 is 0 Å². The molecule has 119 heavy (non-hydrogen) atoms. The van der Waals surface area contributed by atoms with Crippen LogP contribution in [-0.2, 0) is 0 Å². The second-order valence-corrected chi connectivity index (χ2v) is 35.1. The Bertz CT molecular complexity index is 6120. The second kappa shape index (κ2) is 31.8. The Kier molecular flexibility index (Phi) is 19.5. The van der Waals surface area contributed by atoms with Crippen LogP contribution in [0.25, 0.3) is 94.3 Å². The van der Waals surface area contributed by atoms with Gasteiger partial charge in [0.2, 0.25) is 0 Å². The lowest BCUT2D eigenvalue weighted by atomic mass is 9.33. The van der Waals surface area contributed by atoms with Crippen molar-refractivity contribution < 1.29 is 0 Å². The van der Waals surface area contributed by atoms with E-state index in [1.807, 2.05) is 0 Å². The number of rotatable bonds is 16. The van der Waals surface area contributed by atoms with Gasteiger partial charge in [-0.3, -0.25) is 0 Å². The van der Waals surface area contributed by atoms with Gasteiger partial charge < -0.3 is 19.3 Å². The minimum Gasteiger partial charge on any atom is -0.311 e. The highest BCUT2D eigenvalue weighted by Gasteiger charge is 2.46. The number of fused-ring (bicyclic) bond motifs is 7. The molecule has 2 aliphatic heterocycles. The maximum absolute atomic E-state index is 2.74. The first kappa shape index (κ1) is 73.0. The molecule has 0 N–H and O–H groups in total. The fraction of sp³-hybridized carbons (Fsp3) is 0.211. The van der Waals surface area contributed by atoms with E-state index in [-0.39, 0.29) is 6.71 Å². The zero-order chi connectivity index (χ0) is 78.7. The number of anilines is 9. The van der Waals surface area contributed by atoms with Crippen molar-refractivity contribution in [3.63, 3.8) is 0 Å². The molecule has 0 unspecified atom stereocenters. The van der Waals surface area contributed by atoms with Gasteiger partial charge in [0.1, 0.15) is 0 Å². The molecule has 580 valence electrons. The number of hydrogen-bond donors (Lipinski definition) is 0. The van der Waals surface area contributed by atoms with Gasteiger partial charge in [-0.25, -0.2) is 0 Å². The number of nitrogens with zero attached hydrogens (tertiary/aromatic N) is 4. The fourth-order valence-corrected chi connectivity index (χ4v) is 22.2. The zero-order valence-corrected chi connectivity index (χ0v) is 68.2. The third-order valence-electron chi connectivity index (χ3n) is 28.2. The van der Waals surface area contributed by atoms with Crippen LogP contribution in [0.5, 0.6) is 0 Å². The summed E-state index contributed by atoms with van der Waals surface area (Å²) in [6.07, 6.45) is 26.0. The van der Waals surface area contributed by atoms with Gasteiger partial charge in [0.05, 0.1) is 22.4 Å². The van der Waals surface area contributed by atoms with Gasteiger partial charge in [-0.15, -0.1) is 0 Å². The maximum Gasteiger partial charge on any atom is 0.252 e. The van der Waals surface area contributed by atoms with Gasteiger partial charge in [0.15, 0.2) is 0 Å². The van der Waals surface area contributed by atoms with Crippen LogP contribution < -0.4 is 31.1 Å². The quantitative estimate of drug-likeness (QED) is 0.0896. The topological polar surface area (TPSA) is 14.7 Å². The first-order valence-electron chi connectivity index (χ1n) is 44.8. The molecular weight excluding hydrogens is 1440 g/mol. The molecule has 22 rings (SSSR count). The van der Waals surface area contributed by atoms with Gasteiger partial charge in [-0.1, -0.05) is 332 Å². The van der Waals surface area contributed by atoms with E-state index in [2.05, 4.69) is 365 Å². The Morgan fingerprint density at radius 3 is 0.950 bits per heavy atom. The summed E-state index contributed by atoms with van der Waals surface area (Å²) in [6.45, 7) is -0.224. The molecule has 1 aromatic heterocycles. The van der Waals surface area contributed by atoms with Crippen molar-refractivity contribution in [2.24, 2.45) is 0 Å². The van der Waals surface area contributed by atoms with Gasteiger partial charge in [0.25, 0.3) is 6.71 Å². The number of hydrogen-bond acceptors (Lipinski definition) is 3. The first-order valence-corrected chi connectivity index (χ1v) is 44.8. The third-order valence-corrected chi connectivity index (χ3v) is 28.2. The van der Waals surface area contributed by atoms with E-state index in [4.69, 9.17) is 0 Å². The van der Waals surface area contributed by atoms with E-state index in [1.54, 1.807) is 0 Å². The van der Waals surface area contributed by atoms with Crippen molar-refractivity contribution >= 4 is 96.1 Å². The Morgan fingerprint density at radius 1 is 0.235 bits per heavy atom. The second-order valence-electron chi connectivity index (χ2n) is 35.1. The summed E-state index contributed by atoms with van der Waals surface area (Å²) in [5.41, 5.74) is 37.7. The molecule has 3 heterocycles. The van der Waals surface area contributed by atoms with Crippen LogP contribution in [0.2, 0.25) is 0 Å². The van der Waals surface area contributed by atoms with E-state index in [9.17, 15) is 0 Å². The number of para-hydroxylation sites is 2. The number of aromatic nitrogens is 1. The van der Waals surface area contributed by atoms with Crippen LogP contribution in [0, 0.1) is 0 Å². The first-order chi connectivity index (χ1) is 59.0. The molecule has 15 aromatic carbocycles. The van der Waals surface area contributed by atoms with Crippen molar-refractivity contribution in [2.45, 2.75) is 152 Å². The van der Waals surface area contributed by atoms with Crippen molar-refractivity contribution in [3.05, 3.63) is 368 Å². The zero-order valence-electron chi connectivity index (χ0n) is 68.2. The predicted octanol–water partition coefficient (Wildman–Crippen LogP) is 30.5. The fourth-order valence-electron chi connectivity index (χ4n) is 22.2. The summed E-state index contributed by atoms with van der Waals surface area (Å²) in [7, 11) is 0. The van der Waals surface area contributed by atoms with Gasteiger partial charge >= 0.3 is 0 Å². The van der Waals surface area contributed by atoms with E-state index in [0.29, 0.717) is 23.7 Å². The minimum atomic E-state index is -0.224. The van der Waals surface area contributed by atoms with Crippen LogP contribution in [0.3, 0.4) is 0 Å². The Balaban J connectivity index is 0.799. The molecule has 0 saturated heterocycles.